The van der Waals surface area contributed by atoms with Gasteiger partial charge in [0.05, 0.1) is 16.8 Å². The van der Waals surface area contributed by atoms with Crippen LogP contribution in [-0.2, 0) is 6.42 Å². The normalized spacial score (nSPS) is 12.4. The van der Waals surface area contributed by atoms with Crippen molar-refractivity contribution in [3.63, 3.8) is 0 Å². The molecular weight excluding hydrogens is 270 g/mol. The number of pyridine rings is 1. The summed E-state index contributed by atoms with van der Waals surface area (Å²) in [4.78, 5) is 4.17. The van der Waals surface area contributed by atoms with E-state index in [0.717, 1.165) is 0 Å². The van der Waals surface area contributed by atoms with Gasteiger partial charge in [0.15, 0.2) is 0 Å². The minimum absolute atomic E-state index is 0.0543. The average molecular weight is 283 g/mol. The second-order valence-corrected chi connectivity index (χ2v) is 4.58. The van der Waals surface area contributed by atoms with Crippen molar-refractivity contribution in [3.05, 3.63) is 64.4 Å². The highest BCUT2D eigenvalue weighted by Gasteiger charge is 2.17. The Morgan fingerprint density at radius 3 is 2.42 bits per heavy atom. The van der Waals surface area contributed by atoms with Crippen molar-refractivity contribution in [2.45, 2.75) is 12.5 Å². The maximum atomic E-state index is 13.6. The Hall–Kier alpha value is -1.52. The number of rotatable bonds is 4. The van der Waals surface area contributed by atoms with Crippen LogP contribution in [0.4, 0.5) is 8.78 Å². The van der Waals surface area contributed by atoms with E-state index in [-0.39, 0.29) is 18.0 Å². The predicted octanol–water partition coefficient (Wildman–Crippen LogP) is 3.52. The fourth-order valence-corrected chi connectivity index (χ4v) is 1.99. The van der Waals surface area contributed by atoms with Gasteiger partial charge in [-0.05, 0) is 37.7 Å². The first kappa shape index (κ1) is 13.9. The molecule has 1 atom stereocenters. The van der Waals surface area contributed by atoms with Gasteiger partial charge in [0.2, 0.25) is 0 Å². The lowest BCUT2D eigenvalue weighted by Gasteiger charge is -2.16. The number of hydrogen-bond donors (Lipinski definition) is 1. The zero-order valence-electron chi connectivity index (χ0n) is 10.3. The van der Waals surface area contributed by atoms with E-state index in [0.29, 0.717) is 10.7 Å². The molecule has 0 saturated carbocycles. The number of benzene rings is 1. The Balaban J connectivity index is 2.26. The Labute approximate surface area is 115 Å². The summed E-state index contributed by atoms with van der Waals surface area (Å²) in [5.74, 6) is -1.09. The van der Waals surface area contributed by atoms with Crippen molar-refractivity contribution in [2.75, 3.05) is 7.05 Å². The van der Waals surface area contributed by atoms with Crippen LogP contribution in [0.25, 0.3) is 0 Å². The fourth-order valence-electron chi connectivity index (χ4n) is 1.88. The zero-order valence-corrected chi connectivity index (χ0v) is 11.1. The Morgan fingerprint density at radius 1 is 1.21 bits per heavy atom. The Bertz CT molecular complexity index is 538. The van der Waals surface area contributed by atoms with Gasteiger partial charge in [-0.1, -0.05) is 17.7 Å². The highest BCUT2D eigenvalue weighted by atomic mass is 35.5. The van der Waals surface area contributed by atoms with Crippen molar-refractivity contribution in [1.82, 2.24) is 10.3 Å². The number of nitrogens with zero attached hydrogens (tertiary/aromatic N) is 1. The third kappa shape index (κ3) is 3.28. The van der Waals surface area contributed by atoms with Gasteiger partial charge in [0, 0.05) is 11.8 Å². The van der Waals surface area contributed by atoms with Gasteiger partial charge in [-0.15, -0.1) is 0 Å². The molecule has 0 radical (unpaired) electrons. The number of aromatic nitrogens is 1. The molecule has 2 nitrogen and oxygen atoms in total. The molecule has 5 heteroatoms. The molecule has 0 bridgehead atoms. The van der Waals surface area contributed by atoms with Gasteiger partial charge in [-0.3, -0.25) is 4.98 Å². The summed E-state index contributed by atoms with van der Waals surface area (Å²) in [5.41, 5.74) is 0.744. The van der Waals surface area contributed by atoms with Crippen molar-refractivity contribution >= 4 is 11.6 Å². The first-order valence-corrected chi connectivity index (χ1v) is 6.21. The lowest BCUT2D eigenvalue weighted by Crippen LogP contribution is -2.21. The number of hydrogen-bond acceptors (Lipinski definition) is 2. The van der Waals surface area contributed by atoms with Gasteiger partial charge in [-0.25, -0.2) is 8.78 Å². The molecule has 1 heterocycles. The summed E-state index contributed by atoms with van der Waals surface area (Å²) >= 11 is 5.77. The van der Waals surface area contributed by atoms with Gasteiger partial charge < -0.3 is 5.32 Å². The number of nitrogens with one attached hydrogen (secondary N) is 1. The topological polar surface area (TPSA) is 24.9 Å². The van der Waals surface area contributed by atoms with E-state index in [4.69, 9.17) is 11.6 Å². The van der Waals surface area contributed by atoms with Crippen molar-refractivity contribution in [2.24, 2.45) is 0 Å². The van der Waals surface area contributed by atoms with Crippen LogP contribution in [0.15, 0.2) is 36.5 Å². The second-order valence-electron chi connectivity index (χ2n) is 4.15. The maximum Gasteiger partial charge on any atom is 0.129 e. The van der Waals surface area contributed by atoms with Gasteiger partial charge >= 0.3 is 0 Å². The fraction of sp³-hybridized carbons (Fsp3) is 0.214. The summed E-state index contributed by atoms with van der Waals surface area (Å²) in [5, 5.41) is 3.53. The standard InChI is InChI=1S/C14H13ClF2N2/c1-18-14(13-6-5-9(15)8-19-13)7-10-11(16)3-2-4-12(10)17/h2-6,8,14,18H,7H2,1H3. The lowest BCUT2D eigenvalue weighted by molar-refractivity contribution is 0.509. The predicted molar refractivity (Wildman–Crippen MR) is 71.1 cm³/mol. The first-order valence-electron chi connectivity index (χ1n) is 5.83. The van der Waals surface area contributed by atoms with Crippen LogP contribution < -0.4 is 5.32 Å². The van der Waals surface area contributed by atoms with Crippen LogP contribution in [0.5, 0.6) is 0 Å². The van der Waals surface area contributed by atoms with Gasteiger partial charge in [-0.2, -0.15) is 0 Å². The van der Waals surface area contributed by atoms with Crippen LogP contribution in [0.3, 0.4) is 0 Å². The van der Waals surface area contributed by atoms with Gasteiger partial charge in [0.25, 0.3) is 0 Å². The quantitative estimate of drug-likeness (QED) is 0.928. The largest absolute Gasteiger partial charge is 0.311 e. The molecule has 1 aromatic heterocycles. The molecular formula is C14H13ClF2N2. The van der Waals surface area contributed by atoms with Crippen LogP contribution in [0.1, 0.15) is 17.3 Å². The van der Waals surface area contributed by atoms with E-state index in [9.17, 15) is 8.78 Å². The molecule has 0 fully saturated rings. The van der Waals surface area contributed by atoms with E-state index in [1.807, 2.05) is 0 Å². The molecule has 0 aliphatic heterocycles. The molecule has 1 aromatic carbocycles. The summed E-state index contributed by atoms with van der Waals surface area (Å²) in [6, 6.07) is 7.02. The van der Waals surface area contributed by atoms with Crippen molar-refractivity contribution in [3.8, 4) is 0 Å². The third-order valence-electron chi connectivity index (χ3n) is 2.93. The monoisotopic (exact) mass is 282 g/mol. The second kappa shape index (κ2) is 6.08. The van der Waals surface area contributed by atoms with E-state index in [1.54, 1.807) is 19.2 Å². The summed E-state index contributed by atoms with van der Waals surface area (Å²) in [6.07, 6.45) is 1.70. The van der Waals surface area contributed by atoms with E-state index < -0.39 is 11.6 Å². The maximum absolute atomic E-state index is 13.6. The summed E-state index contributed by atoms with van der Waals surface area (Å²) in [7, 11) is 1.72. The van der Waals surface area contributed by atoms with E-state index in [1.165, 1.54) is 24.4 Å². The van der Waals surface area contributed by atoms with Crippen LogP contribution in [-0.4, -0.2) is 12.0 Å². The van der Waals surface area contributed by atoms with Crippen LogP contribution in [0.2, 0.25) is 5.02 Å². The molecule has 0 aliphatic rings. The lowest BCUT2D eigenvalue weighted by atomic mass is 10.0. The molecule has 19 heavy (non-hydrogen) atoms. The Kier molecular flexibility index (Phi) is 4.45. The molecule has 0 saturated heterocycles. The van der Waals surface area contributed by atoms with Crippen LogP contribution >= 0.6 is 11.6 Å². The minimum Gasteiger partial charge on any atom is -0.311 e. The molecule has 0 aliphatic carbocycles. The smallest absolute Gasteiger partial charge is 0.129 e. The number of likely N-dealkylation sites (N-methyl/N-ethyl adjacent to an activating group) is 1. The summed E-state index contributed by atoms with van der Waals surface area (Å²) < 4.78 is 27.2. The molecule has 100 valence electrons. The number of halogens is 3. The molecule has 2 aromatic rings. The average Bonchev–Trinajstić information content (AvgIpc) is 2.40. The molecule has 0 spiro atoms. The molecule has 1 N–H and O–H groups in total. The van der Waals surface area contributed by atoms with Crippen molar-refractivity contribution in [1.29, 1.82) is 0 Å². The Morgan fingerprint density at radius 2 is 1.89 bits per heavy atom. The molecule has 1 unspecified atom stereocenters. The van der Waals surface area contributed by atoms with Gasteiger partial charge in [0.1, 0.15) is 11.6 Å². The minimum atomic E-state index is -0.547. The SMILES string of the molecule is CNC(Cc1c(F)cccc1F)c1ccc(Cl)cn1. The highest BCUT2D eigenvalue weighted by molar-refractivity contribution is 6.30. The molecule has 0 amide bonds. The molecule has 2 rings (SSSR count). The first-order chi connectivity index (χ1) is 9.11. The third-order valence-corrected chi connectivity index (χ3v) is 3.15. The van der Waals surface area contributed by atoms with E-state index in [2.05, 4.69) is 10.3 Å². The van der Waals surface area contributed by atoms with Crippen molar-refractivity contribution < 1.29 is 8.78 Å². The summed E-state index contributed by atoms with van der Waals surface area (Å²) in [6.45, 7) is 0. The van der Waals surface area contributed by atoms with E-state index >= 15 is 0 Å². The zero-order chi connectivity index (χ0) is 13.8. The highest BCUT2D eigenvalue weighted by Crippen LogP contribution is 2.21. The van der Waals surface area contributed by atoms with Crippen LogP contribution in [0, 0.1) is 11.6 Å².